The molecule has 1 aromatic rings. The Bertz CT molecular complexity index is 444. The van der Waals surface area contributed by atoms with Crippen molar-refractivity contribution in [2.75, 3.05) is 12.3 Å². The summed E-state index contributed by atoms with van der Waals surface area (Å²) in [5, 5.41) is 3.50. The molecule has 0 aromatic heterocycles. The van der Waals surface area contributed by atoms with Gasteiger partial charge in [0.25, 0.3) is 0 Å². The van der Waals surface area contributed by atoms with E-state index in [4.69, 9.17) is 0 Å². The molecule has 2 rings (SSSR count). The van der Waals surface area contributed by atoms with Crippen molar-refractivity contribution in [1.82, 2.24) is 5.32 Å². The molecule has 0 radical (unpaired) electrons. The van der Waals surface area contributed by atoms with Crippen LogP contribution in [-0.4, -0.2) is 24.5 Å². The highest BCUT2D eigenvalue weighted by molar-refractivity contribution is 7.99. The monoisotopic (exact) mass is 317 g/mol. The van der Waals surface area contributed by atoms with E-state index in [1.54, 1.807) is 0 Å². The topological polar surface area (TPSA) is 12.0 Å². The standard InChI is InChI=1S/C16H22F3NS/c1-3-13-14(9-15(13)20-4-2)11-5-7-12(8-6-11)21-10-16(17,18)19/h5-8,13-15,20H,3-4,9-10H2,1-2H3. The summed E-state index contributed by atoms with van der Waals surface area (Å²) in [6.07, 6.45) is -1.85. The van der Waals surface area contributed by atoms with Crippen LogP contribution >= 0.6 is 11.8 Å². The predicted octanol–water partition coefficient (Wildman–Crippen LogP) is 4.83. The molecule has 1 fully saturated rings. The van der Waals surface area contributed by atoms with Gasteiger partial charge in [0.15, 0.2) is 0 Å². The van der Waals surface area contributed by atoms with E-state index in [9.17, 15) is 13.2 Å². The molecule has 21 heavy (non-hydrogen) atoms. The predicted molar refractivity (Wildman–Crippen MR) is 81.8 cm³/mol. The molecule has 0 aliphatic heterocycles. The number of alkyl halides is 3. The van der Waals surface area contributed by atoms with Crippen molar-refractivity contribution in [3.63, 3.8) is 0 Å². The van der Waals surface area contributed by atoms with E-state index in [0.29, 0.717) is 22.8 Å². The molecule has 1 nitrogen and oxygen atoms in total. The second-order valence-corrected chi connectivity index (χ2v) is 6.60. The van der Waals surface area contributed by atoms with Gasteiger partial charge in [-0.25, -0.2) is 0 Å². The van der Waals surface area contributed by atoms with Crippen LogP contribution in [0.3, 0.4) is 0 Å². The minimum Gasteiger partial charge on any atom is -0.314 e. The lowest BCUT2D eigenvalue weighted by atomic mass is 9.65. The van der Waals surface area contributed by atoms with E-state index >= 15 is 0 Å². The van der Waals surface area contributed by atoms with Crippen LogP contribution in [-0.2, 0) is 0 Å². The Morgan fingerprint density at radius 1 is 1.19 bits per heavy atom. The molecule has 1 aliphatic rings. The van der Waals surface area contributed by atoms with Crippen LogP contribution in [0.25, 0.3) is 0 Å². The van der Waals surface area contributed by atoms with Crippen molar-refractivity contribution in [2.45, 2.75) is 49.7 Å². The lowest BCUT2D eigenvalue weighted by molar-refractivity contribution is -0.105. The van der Waals surface area contributed by atoms with Crippen LogP contribution in [0.2, 0.25) is 0 Å². The van der Waals surface area contributed by atoms with Gasteiger partial charge in [-0.15, -0.1) is 11.8 Å². The smallest absolute Gasteiger partial charge is 0.314 e. The van der Waals surface area contributed by atoms with Gasteiger partial charge in [0.1, 0.15) is 0 Å². The summed E-state index contributed by atoms with van der Waals surface area (Å²) in [6, 6.07) is 8.21. The maximum Gasteiger partial charge on any atom is 0.398 e. The molecule has 3 atom stereocenters. The average molecular weight is 317 g/mol. The number of thioether (sulfide) groups is 1. The third kappa shape index (κ3) is 4.39. The zero-order valence-electron chi connectivity index (χ0n) is 12.4. The normalized spacial score (nSPS) is 25.7. The SMILES string of the molecule is CCNC1CC(c2ccc(SCC(F)(F)F)cc2)C1CC. The number of hydrogen-bond donors (Lipinski definition) is 1. The second kappa shape index (κ2) is 7.05. The van der Waals surface area contributed by atoms with Crippen molar-refractivity contribution in [3.05, 3.63) is 29.8 Å². The van der Waals surface area contributed by atoms with E-state index in [1.807, 2.05) is 24.3 Å². The summed E-state index contributed by atoms with van der Waals surface area (Å²) in [6.45, 7) is 5.31. The van der Waals surface area contributed by atoms with Crippen LogP contribution in [0.4, 0.5) is 13.2 Å². The third-order valence-electron chi connectivity index (χ3n) is 4.19. The van der Waals surface area contributed by atoms with Crippen molar-refractivity contribution in [3.8, 4) is 0 Å². The highest BCUT2D eigenvalue weighted by Gasteiger charge is 2.39. The van der Waals surface area contributed by atoms with Crippen LogP contribution in [0, 0.1) is 5.92 Å². The maximum atomic E-state index is 12.2. The summed E-state index contributed by atoms with van der Waals surface area (Å²) in [4.78, 5) is 0.687. The highest BCUT2D eigenvalue weighted by Crippen LogP contribution is 2.44. The molecule has 1 aromatic carbocycles. The average Bonchev–Trinajstić information content (AvgIpc) is 2.41. The van der Waals surface area contributed by atoms with Gasteiger partial charge in [0.2, 0.25) is 0 Å². The summed E-state index contributed by atoms with van der Waals surface area (Å²) in [7, 11) is 0. The van der Waals surface area contributed by atoms with E-state index in [-0.39, 0.29) is 0 Å². The maximum absolute atomic E-state index is 12.2. The molecule has 0 amide bonds. The zero-order valence-corrected chi connectivity index (χ0v) is 13.2. The fourth-order valence-electron chi connectivity index (χ4n) is 3.13. The minimum atomic E-state index is -4.11. The summed E-state index contributed by atoms with van der Waals surface area (Å²) in [5.74, 6) is 0.356. The highest BCUT2D eigenvalue weighted by atomic mass is 32.2. The van der Waals surface area contributed by atoms with Crippen molar-refractivity contribution in [2.24, 2.45) is 5.92 Å². The Morgan fingerprint density at radius 2 is 1.86 bits per heavy atom. The lowest BCUT2D eigenvalue weighted by Gasteiger charge is -2.45. The van der Waals surface area contributed by atoms with Gasteiger partial charge < -0.3 is 5.32 Å². The van der Waals surface area contributed by atoms with Crippen molar-refractivity contribution >= 4 is 11.8 Å². The molecule has 0 spiro atoms. The number of rotatable bonds is 6. The lowest BCUT2D eigenvalue weighted by Crippen LogP contribution is -2.48. The molecule has 1 N–H and O–H groups in total. The van der Waals surface area contributed by atoms with Crippen LogP contribution in [0.15, 0.2) is 29.2 Å². The second-order valence-electron chi connectivity index (χ2n) is 5.55. The molecule has 0 bridgehead atoms. The quantitative estimate of drug-likeness (QED) is 0.754. The van der Waals surface area contributed by atoms with Gasteiger partial charge in [-0.05, 0) is 42.5 Å². The van der Waals surface area contributed by atoms with Crippen LogP contribution in [0.5, 0.6) is 0 Å². The van der Waals surface area contributed by atoms with Crippen molar-refractivity contribution in [1.29, 1.82) is 0 Å². The summed E-state index contributed by atoms with van der Waals surface area (Å²) in [5.41, 5.74) is 1.26. The molecule has 118 valence electrons. The first kappa shape index (κ1) is 16.7. The summed E-state index contributed by atoms with van der Waals surface area (Å²) >= 11 is 0.851. The molecule has 5 heteroatoms. The Labute approximate surface area is 128 Å². The molecular weight excluding hydrogens is 295 g/mol. The third-order valence-corrected chi connectivity index (χ3v) is 5.27. The Balaban J connectivity index is 1.93. The molecule has 1 saturated carbocycles. The first-order chi connectivity index (χ1) is 9.94. The molecule has 0 saturated heterocycles. The van der Waals surface area contributed by atoms with Crippen LogP contribution < -0.4 is 5.32 Å². The fourth-order valence-corrected chi connectivity index (χ4v) is 3.79. The van der Waals surface area contributed by atoms with Gasteiger partial charge in [0.05, 0.1) is 5.75 Å². The largest absolute Gasteiger partial charge is 0.398 e. The number of nitrogens with one attached hydrogen (secondary N) is 1. The first-order valence-electron chi connectivity index (χ1n) is 7.47. The molecular formula is C16H22F3NS. The number of hydrogen-bond acceptors (Lipinski definition) is 2. The van der Waals surface area contributed by atoms with Crippen LogP contribution in [0.1, 0.15) is 38.2 Å². The molecule has 1 aliphatic carbocycles. The summed E-state index contributed by atoms with van der Waals surface area (Å²) < 4.78 is 36.6. The number of benzene rings is 1. The van der Waals surface area contributed by atoms with E-state index < -0.39 is 11.9 Å². The minimum absolute atomic E-state index is 0.542. The first-order valence-corrected chi connectivity index (χ1v) is 8.46. The fraction of sp³-hybridized carbons (Fsp3) is 0.625. The van der Waals surface area contributed by atoms with E-state index in [1.165, 1.54) is 5.56 Å². The zero-order chi connectivity index (χ0) is 15.5. The Kier molecular flexibility index (Phi) is 5.60. The van der Waals surface area contributed by atoms with Gasteiger partial charge in [-0.1, -0.05) is 32.4 Å². The Hall–Kier alpha value is -0.680. The van der Waals surface area contributed by atoms with Gasteiger partial charge >= 0.3 is 6.18 Å². The number of halogens is 3. The van der Waals surface area contributed by atoms with Crippen molar-refractivity contribution < 1.29 is 13.2 Å². The van der Waals surface area contributed by atoms with E-state index in [0.717, 1.165) is 31.1 Å². The van der Waals surface area contributed by atoms with Gasteiger partial charge in [-0.3, -0.25) is 0 Å². The van der Waals surface area contributed by atoms with E-state index in [2.05, 4.69) is 19.2 Å². The van der Waals surface area contributed by atoms with Gasteiger partial charge in [-0.2, -0.15) is 13.2 Å². The Morgan fingerprint density at radius 3 is 2.38 bits per heavy atom. The molecule has 0 heterocycles. The van der Waals surface area contributed by atoms with Gasteiger partial charge in [0, 0.05) is 10.9 Å². The molecule has 3 unspecified atom stereocenters.